The number of rotatable bonds is 5. The molecule has 0 fully saturated rings. The Morgan fingerprint density at radius 2 is 2.24 bits per heavy atom. The molecule has 1 aliphatic heterocycles. The zero-order chi connectivity index (χ0) is 17.2. The average molecular weight is 372 g/mol. The summed E-state index contributed by atoms with van der Waals surface area (Å²) in [4.78, 5) is 18.7. The van der Waals surface area contributed by atoms with Gasteiger partial charge in [-0.1, -0.05) is 30.0 Å². The Morgan fingerprint density at radius 1 is 1.36 bits per heavy atom. The molecule has 0 radical (unpaired) electrons. The van der Waals surface area contributed by atoms with E-state index >= 15 is 0 Å². The fraction of sp³-hybridized carbons (Fsp3) is 0.294. The van der Waals surface area contributed by atoms with Gasteiger partial charge in [-0.15, -0.1) is 21.5 Å². The van der Waals surface area contributed by atoms with Crippen LogP contribution in [0.15, 0.2) is 39.3 Å². The highest BCUT2D eigenvalue weighted by atomic mass is 32.2. The van der Waals surface area contributed by atoms with E-state index < -0.39 is 0 Å². The molecule has 0 saturated carbocycles. The Labute approximate surface area is 153 Å². The summed E-state index contributed by atoms with van der Waals surface area (Å²) >= 11 is 2.87. The Bertz CT molecular complexity index is 905. The summed E-state index contributed by atoms with van der Waals surface area (Å²) in [5, 5.41) is 11.5. The molecule has 0 spiro atoms. The van der Waals surface area contributed by atoms with Crippen LogP contribution in [0.25, 0.3) is 0 Å². The van der Waals surface area contributed by atoms with Crippen LogP contribution < -0.4 is 4.90 Å². The molecule has 0 bridgehead atoms. The molecule has 1 aliphatic rings. The van der Waals surface area contributed by atoms with Crippen molar-refractivity contribution in [3.63, 3.8) is 0 Å². The lowest BCUT2D eigenvalue weighted by molar-refractivity contribution is -0.116. The molecule has 3 heterocycles. The van der Waals surface area contributed by atoms with Gasteiger partial charge in [0.2, 0.25) is 11.8 Å². The normalized spacial score (nSPS) is 13.2. The number of para-hydroxylation sites is 1. The van der Waals surface area contributed by atoms with Gasteiger partial charge in [0.05, 0.1) is 22.9 Å². The van der Waals surface area contributed by atoms with E-state index in [1.165, 1.54) is 17.3 Å². The second-order valence-electron chi connectivity index (χ2n) is 5.71. The number of thioether (sulfide) groups is 1. The van der Waals surface area contributed by atoms with E-state index in [1.54, 1.807) is 11.3 Å². The average Bonchev–Trinajstić information content (AvgIpc) is 3.33. The van der Waals surface area contributed by atoms with Crippen molar-refractivity contribution < 1.29 is 9.21 Å². The Hall–Kier alpha value is -2.19. The summed E-state index contributed by atoms with van der Waals surface area (Å²) in [6.45, 7) is 2.70. The van der Waals surface area contributed by atoms with Gasteiger partial charge >= 0.3 is 0 Å². The third kappa shape index (κ3) is 3.59. The van der Waals surface area contributed by atoms with Crippen molar-refractivity contribution in [2.24, 2.45) is 0 Å². The summed E-state index contributed by atoms with van der Waals surface area (Å²) in [5.41, 5.74) is 3.16. The number of carbonyl (C=O) groups is 1. The van der Waals surface area contributed by atoms with Crippen LogP contribution in [0.1, 0.15) is 22.2 Å². The van der Waals surface area contributed by atoms with Crippen LogP contribution in [0.3, 0.4) is 0 Å². The van der Waals surface area contributed by atoms with Crippen LogP contribution in [-0.4, -0.2) is 33.4 Å². The monoisotopic (exact) mass is 372 g/mol. The quantitative estimate of drug-likeness (QED) is 0.641. The first-order valence-corrected chi connectivity index (χ1v) is 9.80. The number of anilines is 1. The molecule has 2 aromatic heterocycles. The molecule has 128 valence electrons. The van der Waals surface area contributed by atoms with Crippen molar-refractivity contribution in [1.82, 2.24) is 15.2 Å². The molecule has 3 aromatic rings. The fourth-order valence-electron chi connectivity index (χ4n) is 2.81. The molecule has 0 aliphatic carbocycles. The van der Waals surface area contributed by atoms with Crippen molar-refractivity contribution in [1.29, 1.82) is 0 Å². The predicted molar refractivity (Wildman–Crippen MR) is 97.2 cm³/mol. The summed E-state index contributed by atoms with van der Waals surface area (Å²) in [7, 11) is 0. The number of benzene rings is 1. The second-order valence-corrected chi connectivity index (χ2v) is 7.70. The van der Waals surface area contributed by atoms with Crippen LogP contribution in [0.5, 0.6) is 0 Å². The molecular formula is C17H16N4O2S2. The van der Waals surface area contributed by atoms with Gasteiger partial charge < -0.3 is 9.32 Å². The maximum atomic E-state index is 12.5. The first kappa shape index (κ1) is 16.3. The summed E-state index contributed by atoms with van der Waals surface area (Å²) in [5.74, 6) is 0.864. The lowest BCUT2D eigenvalue weighted by Crippen LogP contribution is -2.30. The minimum atomic E-state index is 0.0600. The maximum Gasteiger partial charge on any atom is 0.277 e. The predicted octanol–water partition coefficient (Wildman–Crippen LogP) is 3.11. The smallest absolute Gasteiger partial charge is 0.277 e. The summed E-state index contributed by atoms with van der Waals surface area (Å²) < 4.78 is 5.61. The third-order valence-electron chi connectivity index (χ3n) is 3.95. The van der Waals surface area contributed by atoms with E-state index in [-0.39, 0.29) is 11.7 Å². The molecule has 8 heteroatoms. The molecule has 0 atom stereocenters. The molecule has 25 heavy (non-hydrogen) atoms. The van der Waals surface area contributed by atoms with E-state index in [0.717, 1.165) is 29.4 Å². The molecule has 0 N–H and O–H groups in total. The van der Waals surface area contributed by atoms with Gasteiger partial charge in [0.25, 0.3) is 5.22 Å². The van der Waals surface area contributed by atoms with Crippen molar-refractivity contribution in [2.75, 3.05) is 17.2 Å². The first-order chi connectivity index (χ1) is 12.2. The van der Waals surface area contributed by atoms with Gasteiger partial charge in [0.15, 0.2) is 0 Å². The Morgan fingerprint density at radius 3 is 3.08 bits per heavy atom. The zero-order valence-corrected chi connectivity index (χ0v) is 15.3. The largest absolute Gasteiger partial charge is 0.416 e. The number of nitrogens with zero attached hydrogens (tertiary/aromatic N) is 4. The van der Waals surface area contributed by atoms with Gasteiger partial charge in [-0.3, -0.25) is 4.79 Å². The maximum absolute atomic E-state index is 12.5. The number of carbonyl (C=O) groups excluding carboxylic acids is 1. The molecule has 6 nitrogen and oxygen atoms in total. The highest BCUT2D eigenvalue weighted by Gasteiger charge is 2.24. The van der Waals surface area contributed by atoms with Gasteiger partial charge in [-0.25, -0.2) is 4.98 Å². The van der Waals surface area contributed by atoms with E-state index in [1.807, 2.05) is 35.4 Å². The molecule has 1 amide bonds. The Balaban J connectivity index is 1.35. The number of thiazole rings is 1. The molecule has 0 unspecified atom stereocenters. The molecule has 1 aromatic carbocycles. The number of hydrogen-bond donors (Lipinski definition) is 0. The van der Waals surface area contributed by atoms with Crippen molar-refractivity contribution in [2.45, 2.75) is 25.0 Å². The second kappa shape index (κ2) is 6.97. The van der Waals surface area contributed by atoms with Crippen LogP contribution >= 0.6 is 23.1 Å². The topological polar surface area (TPSA) is 72.1 Å². The van der Waals surface area contributed by atoms with E-state index in [4.69, 9.17) is 4.42 Å². The Kier molecular flexibility index (Phi) is 4.54. The number of aromatic nitrogens is 3. The number of aryl methyl sites for hydroxylation is 1. The van der Waals surface area contributed by atoms with E-state index in [2.05, 4.69) is 21.2 Å². The third-order valence-corrected chi connectivity index (χ3v) is 5.58. The van der Waals surface area contributed by atoms with Crippen molar-refractivity contribution >= 4 is 34.7 Å². The number of hydrogen-bond acceptors (Lipinski definition) is 7. The lowest BCUT2D eigenvalue weighted by atomic mass is 10.2. The van der Waals surface area contributed by atoms with Gasteiger partial charge in [-0.05, 0) is 25.0 Å². The number of amides is 1. The SMILES string of the molecule is Cc1nc(Cc2nnc(SCC(=O)N3CCc4ccccc43)o2)cs1. The highest BCUT2D eigenvalue weighted by Crippen LogP contribution is 2.28. The number of fused-ring (bicyclic) bond motifs is 1. The summed E-state index contributed by atoms with van der Waals surface area (Å²) in [6.07, 6.45) is 1.43. The minimum absolute atomic E-state index is 0.0600. The van der Waals surface area contributed by atoms with Crippen molar-refractivity contribution in [3.8, 4) is 0 Å². The van der Waals surface area contributed by atoms with Gasteiger partial charge in [0, 0.05) is 17.6 Å². The fourth-order valence-corrected chi connectivity index (χ4v) is 4.08. The van der Waals surface area contributed by atoms with Crippen LogP contribution in [0.2, 0.25) is 0 Å². The van der Waals surface area contributed by atoms with Crippen LogP contribution in [0, 0.1) is 6.92 Å². The highest BCUT2D eigenvalue weighted by molar-refractivity contribution is 7.99. The van der Waals surface area contributed by atoms with E-state index in [9.17, 15) is 4.79 Å². The molecule has 4 rings (SSSR count). The van der Waals surface area contributed by atoms with E-state index in [0.29, 0.717) is 17.5 Å². The first-order valence-electron chi connectivity index (χ1n) is 7.93. The standard InChI is InChI=1S/C17H16N4O2S2/c1-11-18-13(9-24-11)8-15-19-20-17(23-15)25-10-16(22)21-7-6-12-4-2-3-5-14(12)21/h2-5,9H,6-8,10H2,1H3. The zero-order valence-electron chi connectivity index (χ0n) is 13.6. The van der Waals surface area contributed by atoms with Crippen LogP contribution in [0.4, 0.5) is 5.69 Å². The minimum Gasteiger partial charge on any atom is -0.416 e. The van der Waals surface area contributed by atoms with Crippen LogP contribution in [-0.2, 0) is 17.6 Å². The lowest BCUT2D eigenvalue weighted by Gasteiger charge is -2.16. The summed E-state index contributed by atoms with van der Waals surface area (Å²) in [6, 6.07) is 8.03. The molecular weight excluding hydrogens is 356 g/mol. The van der Waals surface area contributed by atoms with Gasteiger partial charge in [-0.2, -0.15) is 0 Å². The van der Waals surface area contributed by atoms with Crippen molar-refractivity contribution in [3.05, 3.63) is 51.8 Å². The van der Waals surface area contributed by atoms with Gasteiger partial charge in [0.1, 0.15) is 0 Å². The molecule has 0 saturated heterocycles.